The molecule has 0 unspecified atom stereocenters. The number of alkyl halides is 1. The molecule has 0 aliphatic rings. The van der Waals surface area contributed by atoms with Gasteiger partial charge in [0.2, 0.25) is 0 Å². The molecular weight excluding hydrogens is 258 g/mol. The van der Waals surface area contributed by atoms with Crippen LogP contribution in [0.3, 0.4) is 0 Å². The van der Waals surface area contributed by atoms with Gasteiger partial charge in [-0.25, -0.2) is 0 Å². The number of aryl methyl sites for hydroxylation is 1. The monoisotopic (exact) mass is 265 g/mol. The zero-order valence-corrected chi connectivity index (χ0v) is 10.1. The number of thiophene rings is 1. The zero-order chi connectivity index (χ0) is 10.1. The lowest BCUT2D eigenvalue weighted by Gasteiger charge is -2.04. The van der Waals surface area contributed by atoms with Crippen molar-refractivity contribution in [3.63, 3.8) is 0 Å². The summed E-state index contributed by atoms with van der Waals surface area (Å²) in [5, 5.41) is 12.9. The number of fused-ring (bicyclic) bond motifs is 1. The van der Waals surface area contributed by atoms with Gasteiger partial charge in [-0.3, -0.25) is 0 Å². The van der Waals surface area contributed by atoms with Gasteiger partial charge in [0.1, 0.15) is 0 Å². The first-order chi connectivity index (χ1) is 6.77. The van der Waals surface area contributed by atoms with Crippen LogP contribution in [0, 0.1) is 18.3 Å². The van der Waals surface area contributed by atoms with E-state index in [9.17, 15) is 0 Å². The molecule has 1 heterocycles. The number of benzene rings is 1. The van der Waals surface area contributed by atoms with Crippen molar-refractivity contribution >= 4 is 37.4 Å². The minimum Gasteiger partial charge on any atom is -0.192 e. The fourth-order valence-electron chi connectivity index (χ4n) is 1.55. The Kier molecular flexibility index (Phi) is 2.58. The zero-order valence-electron chi connectivity index (χ0n) is 7.67. The van der Waals surface area contributed by atoms with E-state index in [0.717, 1.165) is 16.3 Å². The molecule has 2 aromatic rings. The van der Waals surface area contributed by atoms with Crippen LogP contribution in [-0.2, 0) is 5.33 Å². The number of nitrogens with zero attached hydrogens (tertiary/aromatic N) is 1. The topological polar surface area (TPSA) is 23.8 Å². The third-order valence-electron chi connectivity index (χ3n) is 2.36. The normalized spacial score (nSPS) is 10.4. The molecule has 0 radical (unpaired) electrons. The first-order valence-corrected chi connectivity index (χ1v) is 6.23. The Bertz CT molecular complexity index is 522. The van der Waals surface area contributed by atoms with Gasteiger partial charge in [0.15, 0.2) is 0 Å². The van der Waals surface area contributed by atoms with Crippen LogP contribution < -0.4 is 0 Å². The summed E-state index contributed by atoms with van der Waals surface area (Å²) in [5.41, 5.74) is 3.27. The second-order valence-corrected chi connectivity index (χ2v) is 4.59. The fraction of sp³-hybridized carbons (Fsp3) is 0.182. The van der Waals surface area contributed by atoms with E-state index in [1.807, 2.05) is 17.5 Å². The molecule has 0 aliphatic heterocycles. The maximum absolute atomic E-state index is 9.00. The highest BCUT2D eigenvalue weighted by Crippen LogP contribution is 2.30. The minimum absolute atomic E-state index is 0.779. The van der Waals surface area contributed by atoms with Gasteiger partial charge in [-0.15, -0.1) is 11.3 Å². The van der Waals surface area contributed by atoms with Gasteiger partial charge in [-0.1, -0.05) is 15.9 Å². The summed E-state index contributed by atoms with van der Waals surface area (Å²) in [6, 6.07) is 6.23. The van der Waals surface area contributed by atoms with Crippen molar-refractivity contribution in [2.45, 2.75) is 12.3 Å². The van der Waals surface area contributed by atoms with Crippen LogP contribution in [0.2, 0.25) is 0 Å². The SMILES string of the molecule is Cc1c(CBr)cc(C#N)c2ccsc12. The van der Waals surface area contributed by atoms with Crippen molar-refractivity contribution in [3.05, 3.63) is 34.2 Å². The Morgan fingerprint density at radius 1 is 1.57 bits per heavy atom. The maximum atomic E-state index is 9.00. The average Bonchev–Trinajstić information content (AvgIpc) is 2.68. The molecule has 0 bridgehead atoms. The van der Waals surface area contributed by atoms with Crippen molar-refractivity contribution in [1.82, 2.24) is 0 Å². The summed E-state index contributed by atoms with van der Waals surface area (Å²) in [6.07, 6.45) is 0. The van der Waals surface area contributed by atoms with E-state index in [0.29, 0.717) is 0 Å². The predicted molar refractivity (Wildman–Crippen MR) is 63.9 cm³/mol. The second-order valence-electron chi connectivity index (χ2n) is 3.12. The molecule has 0 saturated carbocycles. The molecule has 0 N–H and O–H groups in total. The lowest BCUT2D eigenvalue weighted by molar-refractivity contribution is 1.35. The Labute approximate surface area is 95.1 Å². The number of hydrogen-bond donors (Lipinski definition) is 0. The summed E-state index contributed by atoms with van der Waals surface area (Å²) < 4.78 is 1.23. The van der Waals surface area contributed by atoms with E-state index in [1.54, 1.807) is 11.3 Å². The molecule has 2 rings (SSSR count). The van der Waals surface area contributed by atoms with E-state index in [-0.39, 0.29) is 0 Å². The summed E-state index contributed by atoms with van der Waals surface area (Å²) in [4.78, 5) is 0. The Hall–Kier alpha value is -0.850. The molecule has 0 fully saturated rings. The van der Waals surface area contributed by atoms with Gasteiger partial charge in [-0.05, 0) is 35.6 Å². The Balaban J connectivity index is 2.89. The highest BCUT2D eigenvalue weighted by atomic mass is 79.9. The quantitative estimate of drug-likeness (QED) is 0.716. The van der Waals surface area contributed by atoms with Crippen LogP contribution in [0.5, 0.6) is 0 Å². The minimum atomic E-state index is 0.779. The summed E-state index contributed by atoms with van der Waals surface area (Å²) in [7, 11) is 0. The van der Waals surface area contributed by atoms with Crippen molar-refractivity contribution < 1.29 is 0 Å². The first-order valence-electron chi connectivity index (χ1n) is 4.23. The number of halogens is 1. The third-order valence-corrected chi connectivity index (χ3v) is 4.00. The fourth-order valence-corrected chi connectivity index (χ4v) is 3.08. The summed E-state index contributed by atoms with van der Waals surface area (Å²) >= 11 is 5.14. The van der Waals surface area contributed by atoms with Crippen LogP contribution in [0.4, 0.5) is 0 Å². The van der Waals surface area contributed by atoms with Crippen molar-refractivity contribution in [2.24, 2.45) is 0 Å². The largest absolute Gasteiger partial charge is 0.192 e. The van der Waals surface area contributed by atoms with Gasteiger partial charge < -0.3 is 0 Å². The van der Waals surface area contributed by atoms with E-state index in [1.165, 1.54) is 15.8 Å². The van der Waals surface area contributed by atoms with Crippen LogP contribution in [0.1, 0.15) is 16.7 Å². The molecule has 0 atom stereocenters. The maximum Gasteiger partial charge on any atom is 0.0998 e. The van der Waals surface area contributed by atoms with Gasteiger partial charge in [0, 0.05) is 15.4 Å². The average molecular weight is 266 g/mol. The van der Waals surface area contributed by atoms with E-state index >= 15 is 0 Å². The molecule has 70 valence electrons. The Morgan fingerprint density at radius 2 is 2.36 bits per heavy atom. The molecular formula is C11H8BrNS. The lowest BCUT2D eigenvalue weighted by Crippen LogP contribution is -1.87. The third kappa shape index (κ3) is 1.35. The van der Waals surface area contributed by atoms with Crippen molar-refractivity contribution in [2.75, 3.05) is 0 Å². The van der Waals surface area contributed by atoms with Crippen LogP contribution >= 0.6 is 27.3 Å². The Morgan fingerprint density at radius 3 is 3.00 bits per heavy atom. The van der Waals surface area contributed by atoms with Crippen LogP contribution in [-0.4, -0.2) is 0 Å². The number of nitriles is 1. The van der Waals surface area contributed by atoms with Gasteiger partial charge >= 0.3 is 0 Å². The van der Waals surface area contributed by atoms with Gasteiger partial charge in [0.25, 0.3) is 0 Å². The highest BCUT2D eigenvalue weighted by molar-refractivity contribution is 9.08. The van der Waals surface area contributed by atoms with Gasteiger partial charge in [-0.2, -0.15) is 5.26 Å². The van der Waals surface area contributed by atoms with Gasteiger partial charge in [0.05, 0.1) is 11.6 Å². The molecule has 0 saturated heterocycles. The molecule has 0 spiro atoms. The van der Waals surface area contributed by atoms with E-state index < -0.39 is 0 Å². The van der Waals surface area contributed by atoms with E-state index in [4.69, 9.17) is 5.26 Å². The number of rotatable bonds is 1. The summed E-state index contributed by atoms with van der Waals surface area (Å²) in [6.45, 7) is 2.11. The molecule has 14 heavy (non-hydrogen) atoms. The van der Waals surface area contributed by atoms with Crippen LogP contribution in [0.25, 0.3) is 10.1 Å². The molecule has 0 aliphatic carbocycles. The lowest BCUT2D eigenvalue weighted by atomic mass is 10.0. The predicted octanol–water partition coefficient (Wildman–Crippen LogP) is 3.98. The second kappa shape index (κ2) is 3.72. The number of hydrogen-bond acceptors (Lipinski definition) is 2. The molecule has 0 amide bonds. The smallest absolute Gasteiger partial charge is 0.0998 e. The molecule has 1 aromatic carbocycles. The van der Waals surface area contributed by atoms with E-state index in [2.05, 4.69) is 28.9 Å². The van der Waals surface area contributed by atoms with Crippen molar-refractivity contribution in [1.29, 1.82) is 5.26 Å². The standard InChI is InChI=1S/C11H8BrNS/c1-7-8(5-12)4-9(6-13)10-2-3-14-11(7)10/h2-4H,5H2,1H3. The summed E-state index contributed by atoms with van der Waals surface area (Å²) in [5.74, 6) is 0. The highest BCUT2D eigenvalue weighted by Gasteiger charge is 2.08. The van der Waals surface area contributed by atoms with Crippen molar-refractivity contribution in [3.8, 4) is 6.07 Å². The first kappa shape index (κ1) is 9.70. The molecule has 3 heteroatoms. The molecule has 1 aromatic heterocycles. The van der Waals surface area contributed by atoms with Crippen LogP contribution in [0.15, 0.2) is 17.5 Å². The molecule has 1 nitrogen and oxygen atoms in total.